The predicted molar refractivity (Wildman–Crippen MR) is 115 cm³/mol. The zero-order valence-corrected chi connectivity index (χ0v) is 17.7. The van der Waals surface area contributed by atoms with Crippen molar-refractivity contribution in [2.75, 3.05) is 0 Å². The quantitative estimate of drug-likeness (QED) is 0.560. The van der Waals surface area contributed by atoms with Crippen molar-refractivity contribution in [2.45, 2.75) is 51.9 Å². The zero-order valence-electron chi connectivity index (χ0n) is 15.7. The largest absolute Gasteiger partial charge is 0.109 e. The molecule has 0 unspecified atom stereocenters. The van der Waals surface area contributed by atoms with Crippen LogP contribution in [-0.4, -0.2) is 16.9 Å². The smallest absolute Gasteiger partial charge is 0.0893 e. The first-order valence-electron chi connectivity index (χ1n) is 9.39. The molecule has 0 fully saturated rings. The third-order valence-corrected chi connectivity index (χ3v) is 13.3. The summed E-state index contributed by atoms with van der Waals surface area (Å²) in [6.45, 7) is 9.53. The molecule has 127 valence electrons. The van der Waals surface area contributed by atoms with Crippen LogP contribution in [0.4, 0.5) is 0 Å². The normalized spacial score (nSPS) is 12.2. The highest BCUT2D eigenvalue weighted by Crippen LogP contribution is 2.19. The van der Waals surface area contributed by atoms with Crippen molar-refractivity contribution in [3.05, 3.63) is 65.9 Å². The second-order valence-corrected chi connectivity index (χ2v) is 14.2. The van der Waals surface area contributed by atoms with E-state index in [0.717, 1.165) is 0 Å². The molecular weight excluding hydrogens is 320 g/mol. The van der Waals surface area contributed by atoms with E-state index in [1.807, 2.05) is 0 Å². The molecule has 0 N–H and O–H groups in total. The van der Waals surface area contributed by atoms with Gasteiger partial charge in [0, 0.05) is 0 Å². The third kappa shape index (κ3) is 4.17. The maximum absolute atomic E-state index is 2.60. The lowest BCUT2D eigenvalue weighted by Crippen LogP contribution is -2.56. The minimum absolute atomic E-state index is 0.414. The molecule has 1 radical (unpaired) electrons. The first-order valence-corrected chi connectivity index (χ1v) is 13.8. The Morgan fingerprint density at radius 3 is 1.96 bits per heavy atom. The molecule has 0 aliphatic carbocycles. The van der Waals surface area contributed by atoms with Gasteiger partial charge in [-0.2, -0.15) is 0 Å². The molecular formula is C22H31Si2. The highest BCUT2D eigenvalue weighted by molar-refractivity contribution is 6.99. The molecule has 24 heavy (non-hydrogen) atoms. The molecule has 0 saturated heterocycles. The first-order chi connectivity index (χ1) is 11.7. The van der Waals surface area contributed by atoms with E-state index in [1.165, 1.54) is 29.7 Å². The van der Waals surface area contributed by atoms with Gasteiger partial charge < -0.3 is 0 Å². The van der Waals surface area contributed by atoms with Crippen molar-refractivity contribution in [2.24, 2.45) is 0 Å². The lowest BCUT2D eigenvalue weighted by atomic mass is 10.2. The van der Waals surface area contributed by atoms with Crippen molar-refractivity contribution in [3.63, 3.8) is 0 Å². The van der Waals surface area contributed by atoms with Gasteiger partial charge in [-0.1, -0.05) is 129 Å². The SMILES string of the molecule is CC[Si](CC)c1ccccc1[Si](/C=C/c1ccccc1)(CC)CC. The summed E-state index contributed by atoms with van der Waals surface area (Å²) < 4.78 is 0. The Morgan fingerprint density at radius 1 is 0.792 bits per heavy atom. The number of hydrogen-bond donors (Lipinski definition) is 0. The van der Waals surface area contributed by atoms with Gasteiger partial charge in [0.1, 0.15) is 8.07 Å². The number of hydrogen-bond acceptors (Lipinski definition) is 0. The maximum atomic E-state index is 2.60. The van der Waals surface area contributed by atoms with Crippen LogP contribution in [0.15, 0.2) is 60.3 Å². The van der Waals surface area contributed by atoms with Gasteiger partial charge >= 0.3 is 0 Å². The average Bonchev–Trinajstić information content (AvgIpc) is 2.66. The fourth-order valence-corrected chi connectivity index (χ4v) is 10.4. The van der Waals surface area contributed by atoms with Gasteiger partial charge in [0.05, 0.1) is 8.80 Å². The molecule has 0 aliphatic rings. The maximum Gasteiger partial charge on any atom is 0.109 e. The molecule has 2 rings (SSSR count). The second kappa shape index (κ2) is 9.19. The monoisotopic (exact) mass is 351 g/mol. The van der Waals surface area contributed by atoms with E-state index >= 15 is 0 Å². The molecule has 0 aliphatic heterocycles. The van der Waals surface area contributed by atoms with Crippen LogP contribution in [0, 0.1) is 0 Å². The first kappa shape index (κ1) is 18.9. The summed E-state index contributed by atoms with van der Waals surface area (Å²) in [5.41, 5.74) is 3.93. The molecule has 0 bridgehead atoms. The van der Waals surface area contributed by atoms with Crippen molar-refractivity contribution < 1.29 is 0 Å². The minimum atomic E-state index is -1.60. The average molecular weight is 352 g/mol. The van der Waals surface area contributed by atoms with E-state index in [4.69, 9.17) is 0 Å². The van der Waals surface area contributed by atoms with E-state index in [-0.39, 0.29) is 0 Å². The summed E-state index contributed by atoms with van der Waals surface area (Å²) in [4.78, 5) is 0. The van der Waals surface area contributed by atoms with Crippen LogP contribution in [0.5, 0.6) is 0 Å². The fraction of sp³-hybridized carbons (Fsp3) is 0.364. The van der Waals surface area contributed by atoms with Crippen LogP contribution in [0.3, 0.4) is 0 Å². The number of rotatable bonds is 8. The molecule has 0 heterocycles. The summed E-state index contributed by atoms with van der Waals surface area (Å²) in [5, 5.41) is 3.42. The molecule has 0 amide bonds. The van der Waals surface area contributed by atoms with Crippen molar-refractivity contribution in [1.29, 1.82) is 0 Å². The molecule has 0 aromatic heterocycles. The predicted octanol–water partition coefficient (Wildman–Crippen LogP) is 5.38. The summed E-state index contributed by atoms with van der Waals surface area (Å²) in [6, 6.07) is 25.4. The van der Waals surface area contributed by atoms with E-state index in [9.17, 15) is 0 Å². The summed E-state index contributed by atoms with van der Waals surface area (Å²) in [5.74, 6) is 0. The van der Waals surface area contributed by atoms with Gasteiger partial charge in [-0.15, -0.1) is 0 Å². The Morgan fingerprint density at radius 2 is 1.38 bits per heavy atom. The van der Waals surface area contributed by atoms with E-state index in [0.29, 0.717) is 0 Å². The van der Waals surface area contributed by atoms with Gasteiger partial charge in [0.25, 0.3) is 0 Å². The molecule has 0 spiro atoms. The van der Waals surface area contributed by atoms with Crippen LogP contribution in [-0.2, 0) is 0 Å². The molecule has 2 heteroatoms. The standard InChI is InChI=1S/C22H31Si2/c1-5-23(6-2)21-16-12-13-17-22(21)24(7-3,8-4)19-18-20-14-10-9-11-15-20/h9-19H,5-8H2,1-4H3/b19-18+. The Labute approximate surface area is 151 Å². The third-order valence-electron chi connectivity index (χ3n) is 5.35. The molecule has 0 atom stereocenters. The van der Waals surface area contributed by atoms with E-state index in [2.05, 4.69) is 94.1 Å². The van der Waals surface area contributed by atoms with Crippen LogP contribution < -0.4 is 10.4 Å². The highest BCUT2D eigenvalue weighted by Gasteiger charge is 2.31. The van der Waals surface area contributed by atoms with E-state index < -0.39 is 16.9 Å². The zero-order chi connectivity index (χ0) is 17.4. The number of benzene rings is 2. The molecule has 0 saturated carbocycles. The molecule has 0 nitrogen and oxygen atoms in total. The minimum Gasteiger partial charge on any atom is -0.0893 e. The topological polar surface area (TPSA) is 0 Å². The Kier molecular flexibility index (Phi) is 7.25. The summed E-state index contributed by atoms with van der Waals surface area (Å²) in [7, 11) is -2.01. The summed E-state index contributed by atoms with van der Waals surface area (Å²) >= 11 is 0. The Bertz CT molecular complexity index is 638. The van der Waals surface area contributed by atoms with Crippen LogP contribution in [0.2, 0.25) is 24.2 Å². The van der Waals surface area contributed by atoms with Gasteiger partial charge in [-0.25, -0.2) is 0 Å². The van der Waals surface area contributed by atoms with Crippen LogP contribution >= 0.6 is 0 Å². The lowest BCUT2D eigenvalue weighted by molar-refractivity contribution is 1.29. The highest BCUT2D eigenvalue weighted by atomic mass is 28.3. The lowest BCUT2D eigenvalue weighted by Gasteiger charge is -2.31. The molecule has 2 aromatic rings. The Balaban J connectivity index is 2.49. The van der Waals surface area contributed by atoms with Crippen molar-refractivity contribution >= 4 is 33.3 Å². The van der Waals surface area contributed by atoms with Gasteiger partial charge in [0.15, 0.2) is 0 Å². The van der Waals surface area contributed by atoms with Crippen LogP contribution in [0.1, 0.15) is 33.3 Å². The summed E-state index contributed by atoms with van der Waals surface area (Å²) in [6.07, 6.45) is 2.38. The van der Waals surface area contributed by atoms with Gasteiger partial charge in [-0.3, -0.25) is 0 Å². The molecule has 2 aromatic carbocycles. The van der Waals surface area contributed by atoms with Crippen molar-refractivity contribution in [1.82, 2.24) is 0 Å². The Hall–Kier alpha value is -1.39. The van der Waals surface area contributed by atoms with Gasteiger partial charge in [-0.05, 0) is 5.56 Å². The second-order valence-electron chi connectivity index (χ2n) is 6.46. The van der Waals surface area contributed by atoms with E-state index in [1.54, 1.807) is 10.4 Å². The fourth-order valence-electron chi connectivity index (χ4n) is 3.63. The van der Waals surface area contributed by atoms with Crippen molar-refractivity contribution in [3.8, 4) is 0 Å². The van der Waals surface area contributed by atoms with Gasteiger partial charge in [0.2, 0.25) is 0 Å². The van der Waals surface area contributed by atoms with Crippen LogP contribution in [0.25, 0.3) is 6.08 Å².